The number of hydrogen-bond acceptors (Lipinski definition) is 3. The molecule has 2 rings (SSSR count). The average Bonchev–Trinajstić information content (AvgIpc) is 2.78. The van der Waals surface area contributed by atoms with Gasteiger partial charge in [0.15, 0.2) is 0 Å². The van der Waals surface area contributed by atoms with Gasteiger partial charge in [0.05, 0.1) is 11.9 Å². The molecule has 1 aromatic heterocycles. The third kappa shape index (κ3) is 3.18. The molecule has 1 atom stereocenters. The van der Waals surface area contributed by atoms with Crippen LogP contribution in [0.3, 0.4) is 0 Å². The van der Waals surface area contributed by atoms with Crippen LogP contribution in [0.15, 0.2) is 35.1 Å². The Morgan fingerprint density at radius 1 is 1.58 bits per heavy atom. The molecule has 1 amide bonds. The quantitative estimate of drug-likeness (QED) is 0.905. The van der Waals surface area contributed by atoms with Gasteiger partial charge in [-0.1, -0.05) is 0 Å². The molecule has 0 aliphatic heterocycles. The van der Waals surface area contributed by atoms with E-state index in [0.29, 0.717) is 15.7 Å². The van der Waals surface area contributed by atoms with Crippen LogP contribution in [0.25, 0.3) is 0 Å². The molecular weight excluding hydrogens is 315 g/mol. The summed E-state index contributed by atoms with van der Waals surface area (Å²) in [6, 6.07) is 3.17. The molecule has 2 aromatic rings. The fraction of sp³-hybridized carbons (Fsp3) is 0.167. The maximum Gasteiger partial charge on any atom is 0.246 e. The Kier molecular flexibility index (Phi) is 3.96. The number of benzene rings is 1. The monoisotopic (exact) mass is 326 g/mol. The Bertz CT molecular complexity index is 614. The minimum atomic E-state index is -0.828. The van der Waals surface area contributed by atoms with Crippen LogP contribution in [-0.4, -0.2) is 15.7 Å². The zero-order chi connectivity index (χ0) is 14.0. The zero-order valence-electron chi connectivity index (χ0n) is 10.1. The summed E-state index contributed by atoms with van der Waals surface area (Å²) in [7, 11) is 1.74. The van der Waals surface area contributed by atoms with Gasteiger partial charge in [0.1, 0.15) is 11.9 Å². The number of halogens is 2. The molecular formula is C12H12BrFN4O. The second-order valence-corrected chi connectivity index (χ2v) is 4.89. The van der Waals surface area contributed by atoms with E-state index in [1.54, 1.807) is 17.9 Å². The fourth-order valence-electron chi connectivity index (χ4n) is 1.55. The molecule has 0 saturated heterocycles. The lowest BCUT2D eigenvalue weighted by Crippen LogP contribution is -2.27. The molecule has 0 aliphatic carbocycles. The summed E-state index contributed by atoms with van der Waals surface area (Å²) >= 11 is 3.17. The molecule has 0 saturated carbocycles. The van der Waals surface area contributed by atoms with Crippen molar-refractivity contribution in [1.82, 2.24) is 9.78 Å². The van der Waals surface area contributed by atoms with Crippen LogP contribution in [0.5, 0.6) is 0 Å². The maximum atomic E-state index is 12.9. The molecule has 0 aliphatic rings. The molecule has 0 radical (unpaired) electrons. The summed E-state index contributed by atoms with van der Waals surface area (Å²) in [6.45, 7) is 0. The van der Waals surface area contributed by atoms with Gasteiger partial charge >= 0.3 is 0 Å². The predicted octanol–water partition coefficient (Wildman–Crippen LogP) is 1.96. The van der Waals surface area contributed by atoms with E-state index in [1.807, 2.05) is 0 Å². The lowest BCUT2D eigenvalue weighted by molar-refractivity contribution is -0.117. The van der Waals surface area contributed by atoms with Crippen molar-refractivity contribution < 1.29 is 9.18 Å². The molecule has 100 valence electrons. The van der Waals surface area contributed by atoms with Gasteiger partial charge in [-0.15, -0.1) is 0 Å². The van der Waals surface area contributed by atoms with Gasteiger partial charge in [-0.25, -0.2) is 4.39 Å². The number of hydrogen-bond donors (Lipinski definition) is 2. The highest BCUT2D eigenvalue weighted by Gasteiger charge is 2.18. The smallest absolute Gasteiger partial charge is 0.246 e. The van der Waals surface area contributed by atoms with Crippen LogP contribution in [0.4, 0.5) is 10.1 Å². The molecule has 0 fully saturated rings. The number of amides is 1. The first-order chi connectivity index (χ1) is 8.97. The number of nitrogens with one attached hydrogen (secondary N) is 1. The molecule has 1 heterocycles. The first-order valence-electron chi connectivity index (χ1n) is 5.47. The molecule has 1 aromatic carbocycles. The van der Waals surface area contributed by atoms with Crippen LogP contribution in [0.2, 0.25) is 0 Å². The highest BCUT2D eigenvalue weighted by atomic mass is 79.9. The normalized spacial score (nSPS) is 12.2. The zero-order valence-corrected chi connectivity index (χ0v) is 11.7. The van der Waals surface area contributed by atoms with Crippen molar-refractivity contribution in [3.8, 4) is 0 Å². The molecule has 7 heteroatoms. The Labute approximate surface area is 117 Å². The molecule has 19 heavy (non-hydrogen) atoms. The number of carbonyl (C=O) groups excluding carboxylic acids is 1. The number of nitrogens with two attached hydrogens (primary N) is 1. The number of carbonyl (C=O) groups is 1. The van der Waals surface area contributed by atoms with Crippen LogP contribution >= 0.6 is 15.9 Å². The van der Waals surface area contributed by atoms with Gasteiger partial charge in [-0.2, -0.15) is 5.10 Å². The topological polar surface area (TPSA) is 72.9 Å². The van der Waals surface area contributed by atoms with Gasteiger partial charge in [0, 0.05) is 23.3 Å². The summed E-state index contributed by atoms with van der Waals surface area (Å²) in [6.07, 6.45) is 3.20. The second kappa shape index (κ2) is 5.50. The van der Waals surface area contributed by atoms with E-state index in [-0.39, 0.29) is 11.7 Å². The molecule has 5 nitrogen and oxygen atoms in total. The SMILES string of the molecule is Cn1cc(C(N)C(=O)Nc2ccc(F)cc2Br)cn1. The third-order valence-electron chi connectivity index (χ3n) is 2.56. The van der Waals surface area contributed by atoms with Crippen molar-refractivity contribution in [1.29, 1.82) is 0 Å². The van der Waals surface area contributed by atoms with Crippen LogP contribution in [0.1, 0.15) is 11.6 Å². The lowest BCUT2D eigenvalue weighted by Gasteiger charge is -2.11. The van der Waals surface area contributed by atoms with Crippen molar-refractivity contribution in [2.75, 3.05) is 5.32 Å². The van der Waals surface area contributed by atoms with Crippen molar-refractivity contribution in [3.05, 3.63) is 46.4 Å². The third-order valence-corrected chi connectivity index (χ3v) is 3.21. The van der Waals surface area contributed by atoms with Gasteiger partial charge in [-0.05, 0) is 34.1 Å². The first kappa shape index (κ1) is 13.7. The van der Waals surface area contributed by atoms with E-state index < -0.39 is 6.04 Å². The number of aromatic nitrogens is 2. The molecule has 1 unspecified atom stereocenters. The number of anilines is 1. The Hall–Kier alpha value is -1.73. The van der Waals surface area contributed by atoms with Gasteiger partial charge in [-0.3, -0.25) is 9.48 Å². The molecule has 3 N–H and O–H groups in total. The van der Waals surface area contributed by atoms with Crippen LogP contribution < -0.4 is 11.1 Å². The van der Waals surface area contributed by atoms with Crippen molar-refractivity contribution in [2.45, 2.75) is 6.04 Å². The highest BCUT2D eigenvalue weighted by molar-refractivity contribution is 9.10. The van der Waals surface area contributed by atoms with E-state index in [9.17, 15) is 9.18 Å². The minimum Gasteiger partial charge on any atom is -0.323 e. The number of nitrogens with zero attached hydrogens (tertiary/aromatic N) is 2. The van der Waals surface area contributed by atoms with Crippen molar-refractivity contribution in [2.24, 2.45) is 12.8 Å². The average molecular weight is 327 g/mol. The Morgan fingerprint density at radius 2 is 2.32 bits per heavy atom. The molecule has 0 spiro atoms. The number of aryl methyl sites for hydroxylation is 1. The van der Waals surface area contributed by atoms with Crippen LogP contribution in [-0.2, 0) is 11.8 Å². The van der Waals surface area contributed by atoms with Crippen molar-refractivity contribution >= 4 is 27.5 Å². The van der Waals surface area contributed by atoms with E-state index in [0.717, 1.165) is 0 Å². The molecule has 0 bridgehead atoms. The van der Waals surface area contributed by atoms with Gasteiger partial charge in [0.25, 0.3) is 0 Å². The highest BCUT2D eigenvalue weighted by Crippen LogP contribution is 2.24. The minimum absolute atomic E-state index is 0.388. The van der Waals surface area contributed by atoms with Crippen molar-refractivity contribution in [3.63, 3.8) is 0 Å². The first-order valence-corrected chi connectivity index (χ1v) is 6.26. The van der Waals surface area contributed by atoms with E-state index >= 15 is 0 Å². The summed E-state index contributed by atoms with van der Waals surface area (Å²) < 4.78 is 15.0. The van der Waals surface area contributed by atoms with Crippen LogP contribution in [0, 0.1) is 5.82 Å². The Morgan fingerprint density at radius 3 is 2.89 bits per heavy atom. The lowest BCUT2D eigenvalue weighted by atomic mass is 10.1. The fourth-order valence-corrected chi connectivity index (χ4v) is 2.00. The van der Waals surface area contributed by atoms with E-state index in [1.165, 1.54) is 24.4 Å². The Balaban J connectivity index is 2.12. The standard InChI is InChI=1S/C12H12BrFN4O/c1-18-6-7(5-16-18)11(15)12(19)17-10-3-2-8(14)4-9(10)13/h2-6,11H,15H2,1H3,(H,17,19). The predicted molar refractivity (Wildman–Crippen MR) is 72.9 cm³/mol. The largest absolute Gasteiger partial charge is 0.323 e. The van der Waals surface area contributed by atoms with Gasteiger partial charge < -0.3 is 11.1 Å². The second-order valence-electron chi connectivity index (χ2n) is 4.04. The van der Waals surface area contributed by atoms with E-state index in [4.69, 9.17) is 5.73 Å². The van der Waals surface area contributed by atoms with Gasteiger partial charge in [0.2, 0.25) is 5.91 Å². The summed E-state index contributed by atoms with van der Waals surface area (Å²) in [4.78, 5) is 12.0. The summed E-state index contributed by atoms with van der Waals surface area (Å²) in [5.41, 5.74) is 6.90. The number of rotatable bonds is 3. The summed E-state index contributed by atoms with van der Waals surface area (Å²) in [5.74, 6) is -0.776. The van der Waals surface area contributed by atoms with E-state index in [2.05, 4.69) is 26.3 Å². The maximum absolute atomic E-state index is 12.9. The summed E-state index contributed by atoms with van der Waals surface area (Å²) in [5, 5.41) is 6.58.